The maximum absolute atomic E-state index is 12.9. The van der Waals surface area contributed by atoms with Gasteiger partial charge in [-0.05, 0) is 50.6 Å². The lowest BCUT2D eigenvalue weighted by molar-refractivity contribution is 0.0925. The van der Waals surface area contributed by atoms with Crippen molar-refractivity contribution in [2.75, 3.05) is 26.7 Å². The normalized spacial score (nSPS) is 12.4. The summed E-state index contributed by atoms with van der Waals surface area (Å²) >= 11 is 0. The molecule has 0 bridgehead atoms. The number of amides is 1. The van der Waals surface area contributed by atoms with E-state index >= 15 is 0 Å². The number of guanidine groups is 1. The van der Waals surface area contributed by atoms with Gasteiger partial charge in [0.05, 0.1) is 12.8 Å². The summed E-state index contributed by atoms with van der Waals surface area (Å²) in [7, 11) is 1.68. The van der Waals surface area contributed by atoms with Crippen LogP contribution >= 0.6 is 0 Å². The summed E-state index contributed by atoms with van der Waals surface area (Å²) in [5.41, 5.74) is 0.817. The predicted molar refractivity (Wildman–Crippen MR) is 106 cm³/mol. The molecule has 1 heterocycles. The predicted octanol–water partition coefficient (Wildman–Crippen LogP) is 2.48. The van der Waals surface area contributed by atoms with Gasteiger partial charge in [-0.25, -0.2) is 4.39 Å². The second-order valence-electron chi connectivity index (χ2n) is 6.30. The highest BCUT2D eigenvalue weighted by Gasteiger charge is 2.11. The highest BCUT2D eigenvalue weighted by molar-refractivity contribution is 5.92. The topological polar surface area (TPSA) is 87.9 Å². The molecular weight excluding hydrogens is 363 g/mol. The maximum Gasteiger partial charge on any atom is 0.287 e. The second kappa shape index (κ2) is 11.0. The average molecular weight is 390 g/mol. The number of hydrogen-bond donors (Lipinski definition) is 3. The van der Waals surface area contributed by atoms with Crippen molar-refractivity contribution in [1.82, 2.24) is 16.0 Å². The summed E-state index contributed by atoms with van der Waals surface area (Å²) in [6.07, 6.45) is 2.11. The number of nitrogens with one attached hydrogen (secondary N) is 3. The van der Waals surface area contributed by atoms with Crippen LogP contribution in [0.15, 0.2) is 46.0 Å². The molecule has 0 aliphatic rings. The van der Waals surface area contributed by atoms with Crippen molar-refractivity contribution in [3.63, 3.8) is 0 Å². The van der Waals surface area contributed by atoms with Gasteiger partial charge in [0, 0.05) is 25.7 Å². The molecule has 0 spiro atoms. The van der Waals surface area contributed by atoms with Gasteiger partial charge in [0.1, 0.15) is 17.7 Å². The maximum atomic E-state index is 12.9. The van der Waals surface area contributed by atoms with Gasteiger partial charge in [-0.1, -0.05) is 0 Å². The van der Waals surface area contributed by atoms with E-state index in [0.29, 0.717) is 37.1 Å². The first-order chi connectivity index (χ1) is 13.5. The van der Waals surface area contributed by atoms with E-state index in [0.717, 1.165) is 12.0 Å². The summed E-state index contributed by atoms with van der Waals surface area (Å²) in [6, 6.07) is 7.67. The standard InChI is InChI=1S/C20H27FN4O3/c1-14-9-12-27-18(14)19(26)23-10-4-11-24-20(22-3)25-13-15(2)28-17-7-5-16(21)6-8-17/h5-9,12,15H,4,10-11,13H2,1-3H3,(H,23,26)(H2,22,24,25). The molecule has 0 fully saturated rings. The van der Waals surface area contributed by atoms with E-state index in [-0.39, 0.29) is 17.8 Å². The Morgan fingerprint density at radius 3 is 2.54 bits per heavy atom. The molecule has 7 nitrogen and oxygen atoms in total. The number of benzene rings is 1. The van der Waals surface area contributed by atoms with E-state index < -0.39 is 0 Å². The monoisotopic (exact) mass is 390 g/mol. The number of carbonyl (C=O) groups excluding carboxylic acids is 1. The van der Waals surface area contributed by atoms with Gasteiger partial charge in [-0.2, -0.15) is 0 Å². The second-order valence-corrected chi connectivity index (χ2v) is 6.30. The van der Waals surface area contributed by atoms with Crippen molar-refractivity contribution in [3.8, 4) is 5.75 Å². The van der Waals surface area contributed by atoms with Crippen molar-refractivity contribution < 1.29 is 18.3 Å². The number of carbonyl (C=O) groups is 1. The van der Waals surface area contributed by atoms with Crippen molar-refractivity contribution >= 4 is 11.9 Å². The minimum Gasteiger partial charge on any atom is -0.489 e. The minimum absolute atomic E-state index is 0.125. The molecule has 0 aliphatic heterocycles. The number of aryl methyl sites for hydroxylation is 1. The highest BCUT2D eigenvalue weighted by Crippen LogP contribution is 2.12. The molecule has 3 N–H and O–H groups in total. The third-order valence-corrected chi connectivity index (χ3v) is 3.93. The number of ether oxygens (including phenoxy) is 1. The van der Waals surface area contributed by atoms with E-state index in [2.05, 4.69) is 20.9 Å². The fourth-order valence-corrected chi connectivity index (χ4v) is 2.43. The summed E-state index contributed by atoms with van der Waals surface area (Å²) in [5.74, 6) is 1.10. The molecule has 1 amide bonds. The first-order valence-electron chi connectivity index (χ1n) is 9.18. The van der Waals surface area contributed by atoms with E-state index in [9.17, 15) is 9.18 Å². The number of aliphatic imine (C=N–C) groups is 1. The third-order valence-electron chi connectivity index (χ3n) is 3.93. The fourth-order valence-electron chi connectivity index (χ4n) is 2.43. The minimum atomic E-state index is -0.293. The quantitative estimate of drug-likeness (QED) is 0.348. The number of furan rings is 1. The molecule has 1 aromatic heterocycles. The molecule has 2 rings (SSSR count). The van der Waals surface area contributed by atoms with Gasteiger partial charge in [0.15, 0.2) is 11.7 Å². The summed E-state index contributed by atoms with van der Waals surface area (Å²) in [5, 5.41) is 9.16. The molecule has 0 saturated heterocycles. The molecule has 1 unspecified atom stereocenters. The third kappa shape index (κ3) is 6.94. The lowest BCUT2D eigenvalue weighted by Gasteiger charge is -2.17. The van der Waals surface area contributed by atoms with Gasteiger partial charge in [0.2, 0.25) is 0 Å². The number of rotatable bonds is 9. The average Bonchev–Trinajstić information content (AvgIpc) is 3.11. The van der Waals surface area contributed by atoms with Crippen LogP contribution < -0.4 is 20.7 Å². The molecule has 0 radical (unpaired) electrons. The highest BCUT2D eigenvalue weighted by atomic mass is 19.1. The molecular formula is C20H27FN4O3. The fraction of sp³-hybridized carbons (Fsp3) is 0.400. The van der Waals surface area contributed by atoms with Crippen LogP contribution in [-0.4, -0.2) is 44.7 Å². The Kier molecular flexibility index (Phi) is 8.33. The Hall–Kier alpha value is -3.03. The van der Waals surface area contributed by atoms with Crippen LogP contribution in [0.1, 0.15) is 29.5 Å². The number of nitrogens with zero attached hydrogens (tertiary/aromatic N) is 1. The zero-order valence-corrected chi connectivity index (χ0v) is 16.4. The molecule has 2 aromatic rings. The van der Waals surface area contributed by atoms with Crippen LogP contribution in [0.2, 0.25) is 0 Å². The van der Waals surface area contributed by atoms with Crippen LogP contribution in [0.5, 0.6) is 5.75 Å². The van der Waals surface area contributed by atoms with Crippen LogP contribution in [0.25, 0.3) is 0 Å². The van der Waals surface area contributed by atoms with Crippen LogP contribution in [-0.2, 0) is 0 Å². The van der Waals surface area contributed by atoms with Gasteiger partial charge < -0.3 is 25.1 Å². The Bertz CT molecular complexity index is 774. The molecule has 28 heavy (non-hydrogen) atoms. The summed E-state index contributed by atoms with van der Waals surface area (Å²) < 4.78 is 23.8. The summed E-state index contributed by atoms with van der Waals surface area (Å²) in [6.45, 7) is 5.44. The number of hydrogen-bond acceptors (Lipinski definition) is 4. The Morgan fingerprint density at radius 2 is 1.89 bits per heavy atom. The largest absolute Gasteiger partial charge is 0.489 e. The van der Waals surface area contributed by atoms with Crippen molar-refractivity contribution in [1.29, 1.82) is 0 Å². The zero-order chi connectivity index (χ0) is 20.4. The molecule has 1 aromatic carbocycles. The van der Waals surface area contributed by atoms with E-state index in [1.54, 1.807) is 25.2 Å². The van der Waals surface area contributed by atoms with Crippen LogP contribution in [0.3, 0.4) is 0 Å². The first-order valence-corrected chi connectivity index (χ1v) is 9.18. The number of halogens is 1. The van der Waals surface area contributed by atoms with Crippen LogP contribution in [0, 0.1) is 12.7 Å². The Balaban J connectivity index is 1.61. The van der Waals surface area contributed by atoms with Gasteiger partial charge >= 0.3 is 0 Å². The summed E-state index contributed by atoms with van der Waals surface area (Å²) in [4.78, 5) is 16.1. The first kappa shape index (κ1) is 21.3. The zero-order valence-electron chi connectivity index (χ0n) is 16.4. The van der Waals surface area contributed by atoms with Crippen LogP contribution in [0.4, 0.5) is 4.39 Å². The van der Waals surface area contributed by atoms with E-state index in [1.807, 2.05) is 13.8 Å². The van der Waals surface area contributed by atoms with Crippen molar-refractivity contribution in [3.05, 3.63) is 53.7 Å². The molecule has 1 atom stereocenters. The van der Waals surface area contributed by atoms with E-state index in [4.69, 9.17) is 9.15 Å². The van der Waals surface area contributed by atoms with Gasteiger partial charge in [-0.15, -0.1) is 0 Å². The molecule has 0 saturated carbocycles. The van der Waals surface area contributed by atoms with Gasteiger partial charge in [0.25, 0.3) is 5.91 Å². The smallest absolute Gasteiger partial charge is 0.287 e. The molecule has 8 heteroatoms. The van der Waals surface area contributed by atoms with Crippen molar-refractivity contribution in [2.24, 2.45) is 4.99 Å². The Morgan fingerprint density at radius 1 is 1.18 bits per heavy atom. The Labute approximate surface area is 164 Å². The lowest BCUT2D eigenvalue weighted by Crippen LogP contribution is -2.42. The van der Waals surface area contributed by atoms with Gasteiger partial charge in [-0.3, -0.25) is 9.79 Å². The molecule has 152 valence electrons. The molecule has 0 aliphatic carbocycles. The van der Waals surface area contributed by atoms with Crippen molar-refractivity contribution in [2.45, 2.75) is 26.4 Å². The SMILES string of the molecule is CN=C(NCCCNC(=O)c1occc1C)NCC(C)Oc1ccc(F)cc1. The lowest BCUT2D eigenvalue weighted by atomic mass is 10.2. The van der Waals surface area contributed by atoms with E-state index in [1.165, 1.54) is 18.4 Å².